The van der Waals surface area contributed by atoms with Crippen molar-refractivity contribution < 1.29 is 4.79 Å². The summed E-state index contributed by atoms with van der Waals surface area (Å²) in [6, 6.07) is 1.01. The molecule has 0 radical (unpaired) electrons. The van der Waals surface area contributed by atoms with Crippen molar-refractivity contribution in [3.8, 4) is 0 Å². The number of fused-ring (bicyclic) bond motifs is 2. The first-order valence-corrected chi connectivity index (χ1v) is 6.32. The van der Waals surface area contributed by atoms with Gasteiger partial charge in [-0.25, -0.2) is 4.98 Å². The molecule has 2 aliphatic heterocycles. The Bertz CT molecular complexity index is 389. The van der Waals surface area contributed by atoms with E-state index >= 15 is 0 Å². The lowest BCUT2D eigenvalue weighted by Crippen LogP contribution is -2.38. The first-order valence-electron chi connectivity index (χ1n) is 6.32. The highest BCUT2D eigenvalue weighted by Gasteiger charge is 2.42. The van der Waals surface area contributed by atoms with E-state index in [1.807, 2.05) is 10.8 Å². The van der Waals surface area contributed by atoms with Gasteiger partial charge in [0.1, 0.15) is 0 Å². The van der Waals surface area contributed by atoms with Crippen molar-refractivity contribution >= 4 is 5.91 Å². The number of carbonyl (C=O) groups excluding carboxylic acids is 1. The molecule has 2 aliphatic rings. The summed E-state index contributed by atoms with van der Waals surface area (Å²) >= 11 is 0. The molecule has 3 atom stereocenters. The quantitative estimate of drug-likeness (QED) is 0.779. The zero-order valence-electron chi connectivity index (χ0n) is 9.80. The zero-order valence-corrected chi connectivity index (χ0v) is 9.80. The van der Waals surface area contributed by atoms with Crippen LogP contribution in [0.25, 0.3) is 0 Å². The molecular formula is C12H18N4O. The Morgan fingerprint density at radius 1 is 1.53 bits per heavy atom. The lowest BCUT2D eigenvalue weighted by molar-refractivity contribution is -0.125. The lowest BCUT2D eigenvalue weighted by atomic mass is 9.88. The van der Waals surface area contributed by atoms with Crippen molar-refractivity contribution in [2.24, 2.45) is 5.92 Å². The summed E-state index contributed by atoms with van der Waals surface area (Å²) in [4.78, 5) is 16.0. The summed E-state index contributed by atoms with van der Waals surface area (Å²) in [6.45, 7) is 1.48. The summed E-state index contributed by atoms with van der Waals surface area (Å²) in [5.41, 5.74) is 0. The maximum atomic E-state index is 12.0. The van der Waals surface area contributed by atoms with Crippen molar-refractivity contribution in [3.63, 3.8) is 0 Å². The fraction of sp³-hybridized carbons (Fsp3) is 0.667. The van der Waals surface area contributed by atoms with E-state index in [9.17, 15) is 4.79 Å². The number of carbonyl (C=O) groups is 1. The van der Waals surface area contributed by atoms with E-state index in [-0.39, 0.29) is 11.8 Å². The molecule has 0 aliphatic carbocycles. The molecule has 92 valence electrons. The molecule has 1 aromatic heterocycles. The van der Waals surface area contributed by atoms with Crippen LogP contribution in [0.1, 0.15) is 19.3 Å². The number of aromatic nitrogens is 2. The molecule has 1 aromatic rings. The molecule has 17 heavy (non-hydrogen) atoms. The summed E-state index contributed by atoms with van der Waals surface area (Å²) in [5, 5.41) is 6.51. The standard InChI is InChI=1S/C12H18N4O/c17-12(10-7-9-1-2-11(10)15-9)14-4-6-16-5-3-13-8-16/h3,5,8-11,15H,1-2,4,6-7H2,(H,14,17). The Kier molecular flexibility index (Phi) is 2.84. The Hall–Kier alpha value is -1.36. The molecule has 2 fully saturated rings. The predicted octanol–water partition coefficient (Wildman–Crippen LogP) is 0.140. The Morgan fingerprint density at radius 3 is 3.12 bits per heavy atom. The third-order valence-electron chi connectivity index (χ3n) is 3.87. The third kappa shape index (κ3) is 2.20. The average Bonchev–Trinajstić information content (AvgIpc) is 3.05. The van der Waals surface area contributed by atoms with Gasteiger partial charge in [0.25, 0.3) is 0 Å². The van der Waals surface area contributed by atoms with E-state index < -0.39 is 0 Å². The van der Waals surface area contributed by atoms with Gasteiger partial charge in [-0.2, -0.15) is 0 Å². The van der Waals surface area contributed by atoms with Crippen LogP contribution in [0.5, 0.6) is 0 Å². The molecule has 1 amide bonds. The summed E-state index contributed by atoms with van der Waals surface area (Å²) < 4.78 is 1.97. The molecule has 3 rings (SSSR count). The first kappa shape index (κ1) is 10.8. The fourth-order valence-corrected chi connectivity index (χ4v) is 2.97. The zero-order chi connectivity index (χ0) is 11.7. The first-order chi connectivity index (χ1) is 8.33. The van der Waals surface area contributed by atoms with Gasteiger partial charge in [-0.1, -0.05) is 0 Å². The summed E-state index contributed by atoms with van der Waals surface area (Å²) in [5.74, 6) is 0.404. The number of imidazole rings is 1. The Balaban J connectivity index is 1.45. The van der Waals surface area contributed by atoms with Gasteiger partial charge in [-0.05, 0) is 19.3 Å². The van der Waals surface area contributed by atoms with Crippen LogP contribution in [0, 0.1) is 5.92 Å². The molecule has 2 saturated heterocycles. The lowest BCUT2D eigenvalue weighted by Gasteiger charge is -2.19. The fourth-order valence-electron chi connectivity index (χ4n) is 2.97. The average molecular weight is 234 g/mol. The summed E-state index contributed by atoms with van der Waals surface area (Å²) in [6.07, 6.45) is 8.84. The molecule has 2 N–H and O–H groups in total. The van der Waals surface area contributed by atoms with Crippen molar-refractivity contribution in [1.29, 1.82) is 0 Å². The minimum Gasteiger partial charge on any atom is -0.354 e. The normalized spacial score (nSPS) is 30.7. The third-order valence-corrected chi connectivity index (χ3v) is 3.87. The van der Waals surface area contributed by atoms with Gasteiger partial charge >= 0.3 is 0 Å². The molecule has 0 spiro atoms. The highest BCUT2D eigenvalue weighted by atomic mass is 16.1. The second-order valence-electron chi connectivity index (χ2n) is 4.98. The highest BCUT2D eigenvalue weighted by Crippen LogP contribution is 2.33. The van der Waals surface area contributed by atoms with E-state index in [1.165, 1.54) is 6.42 Å². The van der Waals surface area contributed by atoms with Crippen LogP contribution in [0.3, 0.4) is 0 Å². The number of hydrogen-bond acceptors (Lipinski definition) is 3. The molecule has 5 nitrogen and oxygen atoms in total. The number of rotatable bonds is 4. The van der Waals surface area contributed by atoms with Crippen LogP contribution < -0.4 is 10.6 Å². The van der Waals surface area contributed by atoms with E-state index in [0.717, 1.165) is 19.4 Å². The van der Waals surface area contributed by atoms with Gasteiger partial charge in [0.05, 0.1) is 12.2 Å². The summed E-state index contributed by atoms with van der Waals surface area (Å²) in [7, 11) is 0. The number of nitrogens with one attached hydrogen (secondary N) is 2. The van der Waals surface area contributed by atoms with Crippen LogP contribution >= 0.6 is 0 Å². The van der Waals surface area contributed by atoms with Gasteiger partial charge < -0.3 is 15.2 Å². The van der Waals surface area contributed by atoms with Gasteiger partial charge in [0.15, 0.2) is 0 Å². The van der Waals surface area contributed by atoms with Crippen LogP contribution in [-0.4, -0.2) is 34.1 Å². The minimum absolute atomic E-state index is 0.191. The van der Waals surface area contributed by atoms with Gasteiger partial charge in [0, 0.05) is 37.6 Å². The monoisotopic (exact) mass is 234 g/mol. The SMILES string of the molecule is O=C(NCCn1ccnc1)C1CC2CCC1N2. The van der Waals surface area contributed by atoms with Crippen molar-refractivity contribution in [3.05, 3.63) is 18.7 Å². The highest BCUT2D eigenvalue weighted by molar-refractivity contribution is 5.80. The molecule has 5 heteroatoms. The number of amides is 1. The molecular weight excluding hydrogens is 216 g/mol. The van der Waals surface area contributed by atoms with Gasteiger partial charge in [-0.3, -0.25) is 4.79 Å². The smallest absolute Gasteiger partial charge is 0.224 e. The largest absolute Gasteiger partial charge is 0.354 e. The van der Waals surface area contributed by atoms with Crippen LogP contribution in [0.4, 0.5) is 0 Å². The maximum Gasteiger partial charge on any atom is 0.224 e. The predicted molar refractivity (Wildman–Crippen MR) is 63.3 cm³/mol. The van der Waals surface area contributed by atoms with Gasteiger partial charge in [0.2, 0.25) is 5.91 Å². The van der Waals surface area contributed by atoms with Crippen LogP contribution in [-0.2, 0) is 11.3 Å². The molecule has 3 unspecified atom stereocenters. The molecule has 0 saturated carbocycles. The number of hydrogen-bond donors (Lipinski definition) is 2. The second kappa shape index (κ2) is 4.49. The molecule has 3 heterocycles. The van der Waals surface area contributed by atoms with Gasteiger partial charge in [-0.15, -0.1) is 0 Å². The second-order valence-corrected chi connectivity index (χ2v) is 4.98. The van der Waals surface area contributed by atoms with Crippen molar-refractivity contribution in [2.75, 3.05) is 6.54 Å². The maximum absolute atomic E-state index is 12.0. The Morgan fingerprint density at radius 2 is 2.47 bits per heavy atom. The van der Waals surface area contributed by atoms with Crippen LogP contribution in [0.2, 0.25) is 0 Å². The van der Waals surface area contributed by atoms with E-state index in [2.05, 4.69) is 15.6 Å². The van der Waals surface area contributed by atoms with E-state index in [1.54, 1.807) is 12.5 Å². The molecule has 0 aromatic carbocycles. The minimum atomic E-state index is 0.191. The number of nitrogens with zero attached hydrogens (tertiary/aromatic N) is 2. The topological polar surface area (TPSA) is 59.0 Å². The van der Waals surface area contributed by atoms with Crippen molar-refractivity contribution in [1.82, 2.24) is 20.2 Å². The van der Waals surface area contributed by atoms with E-state index in [4.69, 9.17) is 0 Å². The van der Waals surface area contributed by atoms with E-state index in [0.29, 0.717) is 18.6 Å². The van der Waals surface area contributed by atoms with Crippen LogP contribution in [0.15, 0.2) is 18.7 Å². The molecule has 2 bridgehead atoms. The Labute approximate surface area is 101 Å². The van der Waals surface area contributed by atoms with Crippen molar-refractivity contribution in [2.45, 2.75) is 37.9 Å².